The number of hydrogen-bond donors (Lipinski definition) is 1. The van der Waals surface area contributed by atoms with Crippen LogP contribution < -0.4 is 5.56 Å². The number of carbonyl (C=O) groups excluding carboxylic acids is 1. The summed E-state index contributed by atoms with van der Waals surface area (Å²) in [6.07, 6.45) is 2.13. The van der Waals surface area contributed by atoms with Crippen molar-refractivity contribution < 1.29 is 9.53 Å². The highest BCUT2D eigenvalue weighted by atomic mass is 16.5. The summed E-state index contributed by atoms with van der Waals surface area (Å²) >= 11 is 0. The van der Waals surface area contributed by atoms with Crippen LogP contribution in [0.25, 0.3) is 5.65 Å². The Morgan fingerprint density at radius 1 is 1.56 bits per heavy atom. The Morgan fingerprint density at radius 3 is 3.00 bits per heavy atom. The van der Waals surface area contributed by atoms with Crippen LogP contribution in [0.15, 0.2) is 16.9 Å². The van der Waals surface area contributed by atoms with Crippen molar-refractivity contribution in [1.29, 1.82) is 0 Å². The minimum Gasteiger partial charge on any atom is -0.461 e. The van der Waals surface area contributed by atoms with Crippen molar-refractivity contribution in [2.24, 2.45) is 0 Å². The normalized spacial score (nSPS) is 14.9. The van der Waals surface area contributed by atoms with Gasteiger partial charge in [-0.2, -0.15) is 5.10 Å². The van der Waals surface area contributed by atoms with Crippen LogP contribution in [-0.4, -0.2) is 27.2 Å². The van der Waals surface area contributed by atoms with E-state index in [0.29, 0.717) is 18.2 Å². The Labute approximate surface area is 103 Å². The van der Waals surface area contributed by atoms with Gasteiger partial charge in [0.2, 0.25) is 0 Å². The Hall–Kier alpha value is -2.11. The molecule has 0 amide bonds. The predicted molar refractivity (Wildman–Crippen MR) is 63.7 cm³/mol. The van der Waals surface area contributed by atoms with Gasteiger partial charge in [0, 0.05) is 18.1 Å². The third-order valence-corrected chi connectivity index (χ3v) is 2.96. The lowest BCUT2D eigenvalue weighted by Crippen LogP contribution is -2.11. The highest BCUT2D eigenvalue weighted by Gasteiger charge is 2.27. The second-order valence-corrected chi connectivity index (χ2v) is 4.38. The largest absolute Gasteiger partial charge is 0.461 e. The number of ether oxygens (including phenoxy) is 1. The first-order valence-electron chi connectivity index (χ1n) is 5.99. The van der Waals surface area contributed by atoms with E-state index in [1.54, 1.807) is 23.6 Å². The Kier molecular flexibility index (Phi) is 2.43. The van der Waals surface area contributed by atoms with Crippen LogP contribution in [-0.2, 0) is 4.74 Å². The van der Waals surface area contributed by atoms with E-state index in [0.717, 1.165) is 18.5 Å². The van der Waals surface area contributed by atoms with E-state index in [4.69, 9.17) is 4.74 Å². The molecule has 1 N–H and O–H groups in total. The molecule has 6 nitrogen and oxygen atoms in total. The Morgan fingerprint density at radius 2 is 2.33 bits per heavy atom. The summed E-state index contributed by atoms with van der Waals surface area (Å²) in [5, 5.41) is 4.21. The van der Waals surface area contributed by atoms with Gasteiger partial charge in [-0.25, -0.2) is 9.31 Å². The Balaban J connectivity index is 2.13. The molecule has 6 heteroatoms. The van der Waals surface area contributed by atoms with E-state index in [1.807, 2.05) is 0 Å². The van der Waals surface area contributed by atoms with Gasteiger partial charge >= 0.3 is 5.97 Å². The molecule has 2 aromatic rings. The van der Waals surface area contributed by atoms with Crippen LogP contribution in [0.1, 0.15) is 41.9 Å². The molecular formula is C12H13N3O3. The molecule has 2 heterocycles. The summed E-state index contributed by atoms with van der Waals surface area (Å²) in [6.45, 7) is 2.05. The van der Waals surface area contributed by atoms with E-state index >= 15 is 0 Å². The fourth-order valence-electron chi connectivity index (χ4n) is 2.00. The van der Waals surface area contributed by atoms with Gasteiger partial charge in [-0.1, -0.05) is 0 Å². The van der Waals surface area contributed by atoms with Crippen LogP contribution in [0.2, 0.25) is 0 Å². The molecule has 1 saturated carbocycles. The van der Waals surface area contributed by atoms with Crippen LogP contribution in [0, 0.1) is 0 Å². The van der Waals surface area contributed by atoms with Gasteiger partial charge in [-0.3, -0.25) is 4.79 Å². The molecule has 3 rings (SSSR count). The van der Waals surface area contributed by atoms with Gasteiger partial charge in [0.15, 0.2) is 5.69 Å². The number of carbonyl (C=O) groups is 1. The quantitative estimate of drug-likeness (QED) is 0.823. The molecular weight excluding hydrogens is 234 g/mol. The monoisotopic (exact) mass is 247 g/mol. The van der Waals surface area contributed by atoms with Crippen LogP contribution in [0.3, 0.4) is 0 Å². The smallest absolute Gasteiger partial charge is 0.358 e. The Bertz CT molecular complexity index is 667. The maximum Gasteiger partial charge on any atom is 0.358 e. The number of aromatic nitrogens is 3. The van der Waals surface area contributed by atoms with Crippen LogP contribution in [0.4, 0.5) is 0 Å². The maximum absolute atomic E-state index is 11.6. The van der Waals surface area contributed by atoms with Gasteiger partial charge in [-0.05, 0) is 19.8 Å². The molecule has 0 unspecified atom stereocenters. The number of hydrogen-bond acceptors (Lipinski definition) is 4. The van der Waals surface area contributed by atoms with Crippen molar-refractivity contribution in [2.45, 2.75) is 25.7 Å². The van der Waals surface area contributed by atoms with Gasteiger partial charge in [-0.15, -0.1) is 0 Å². The first-order chi connectivity index (χ1) is 8.69. The third kappa shape index (κ3) is 1.79. The highest BCUT2D eigenvalue weighted by Crippen LogP contribution is 2.39. The van der Waals surface area contributed by atoms with Gasteiger partial charge in [0.05, 0.1) is 12.3 Å². The SMILES string of the molecule is CCOC(=O)c1cc2[nH]c(=O)cc(C3CC3)n2n1. The van der Waals surface area contributed by atoms with Crippen LogP contribution >= 0.6 is 0 Å². The van der Waals surface area contributed by atoms with Crippen molar-refractivity contribution in [3.63, 3.8) is 0 Å². The summed E-state index contributed by atoms with van der Waals surface area (Å²) in [6, 6.07) is 3.10. The molecule has 0 atom stereocenters. The molecule has 0 aliphatic heterocycles. The van der Waals surface area contributed by atoms with Gasteiger partial charge in [0.1, 0.15) is 5.65 Å². The van der Waals surface area contributed by atoms with Crippen molar-refractivity contribution in [1.82, 2.24) is 14.6 Å². The molecule has 0 spiro atoms. The average molecular weight is 247 g/mol. The van der Waals surface area contributed by atoms with Crippen molar-refractivity contribution >= 4 is 11.6 Å². The molecule has 0 bridgehead atoms. The van der Waals surface area contributed by atoms with Crippen molar-refractivity contribution in [3.05, 3.63) is 33.9 Å². The number of nitrogens with zero attached hydrogens (tertiary/aromatic N) is 2. The maximum atomic E-state index is 11.6. The zero-order valence-corrected chi connectivity index (χ0v) is 9.97. The van der Waals surface area contributed by atoms with Gasteiger partial charge < -0.3 is 9.72 Å². The van der Waals surface area contributed by atoms with E-state index < -0.39 is 5.97 Å². The number of H-pyrrole nitrogens is 1. The lowest BCUT2D eigenvalue weighted by atomic mass is 10.3. The lowest BCUT2D eigenvalue weighted by molar-refractivity contribution is 0.0519. The molecule has 0 radical (unpaired) electrons. The van der Waals surface area contributed by atoms with E-state index in [1.165, 1.54) is 0 Å². The summed E-state index contributed by atoms with van der Waals surface area (Å²) in [4.78, 5) is 25.8. The predicted octanol–water partition coefficient (Wildman–Crippen LogP) is 1.08. The van der Waals surface area contributed by atoms with Gasteiger partial charge in [0.25, 0.3) is 5.56 Å². The molecule has 1 aliphatic carbocycles. The molecule has 0 saturated heterocycles. The van der Waals surface area contributed by atoms with E-state index in [-0.39, 0.29) is 11.3 Å². The fraction of sp³-hybridized carbons (Fsp3) is 0.417. The van der Waals surface area contributed by atoms with E-state index in [9.17, 15) is 9.59 Å². The van der Waals surface area contributed by atoms with E-state index in [2.05, 4.69) is 10.1 Å². The molecule has 0 aromatic carbocycles. The number of fused-ring (bicyclic) bond motifs is 1. The lowest BCUT2D eigenvalue weighted by Gasteiger charge is -2.01. The summed E-state index contributed by atoms with van der Waals surface area (Å²) in [5.41, 5.74) is 1.46. The first kappa shape index (κ1) is 11.0. The van der Waals surface area contributed by atoms with Crippen LogP contribution in [0.5, 0.6) is 0 Å². The third-order valence-electron chi connectivity index (χ3n) is 2.96. The fourth-order valence-corrected chi connectivity index (χ4v) is 2.00. The van der Waals surface area contributed by atoms with Crippen molar-refractivity contribution in [2.75, 3.05) is 6.61 Å². The number of nitrogens with one attached hydrogen (secondary N) is 1. The topological polar surface area (TPSA) is 76.5 Å². The summed E-state index contributed by atoms with van der Waals surface area (Å²) in [5.74, 6) is -0.0893. The number of rotatable bonds is 3. The summed E-state index contributed by atoms with van der Waals surface area (Å²) in [7, 11) is 0. The number of esters is 1. The first-order valence-corrected chi connectivity index (χ1v) is 5.99. The van der Waals surface area contributed by atoms with Crippen molar-refractivity contribution in [3.8, 4) is 0 Å². The minimum atomic E-state index is -0.469. The zero-order chi connectivity index (χ0) is 12.7. The summed E-state index contributed by atoms with van der Waals surface area (Å²) < 4.78 is 6.53. The molecule has 1 fully saturated rings. The second kappa shape index (κ2) is 3.97. The standard InChI is InChI=1S/C12H13N3O3/c1-2-18-12(17)8-5-10-13-11(16)6-9(7-3-4-7)15(10)14-8/h5-7H,2-4H2,1H3,(H,13,16). The second-order valence-electron chi connectivity index (χ2n) is 4.38. The molecule has 18 heavy (non-hydrogen) atoms. The average Bonchev–Trinajstić information content (AvgIpc) is 3.08. The molecule has 1 aliphatic rings. The highest BCUT2D eigenvalue weighted by molar-refractivity contribution is 5.88. The number of aromatic amines is 1. The molecule has 2 aromatic heterocycles. The zero-order valence-electron chi connectivity index (χ0n) is 9.97. The minimum absolute atomic E-state index is 0.167. The molecule has 94 valence electrons.